The maximum Gasteiger partial charge on any atom is 0.287 e. The van der Waals surface area contributed by atoms with Crippen LogP contribution in [-0.4, -0.2) is 19.1 Å². The Morgan fingerprint density at radius 3 is 2.22 bits per heavy atom. The molecule has 3 aromatic rings. The number of nitrogens with one attached hydrogen (secondary N) is 1. The van der Waals surface area contributed by atoms with E-state index in [4.69, 9.17) is 4.74 Å². The van der Waals surface area contributed by atoms with Crippen molar-refractivity contribution in [2.24, 2.45) is 0 Å². The van der Waals surface area contributed by atoms with Gasteiger partial charge in [-0.2, -0.15) is 0 Å². The van der Waals surface area contributed by atoms with E-state index in [0.717, 1.165) is 11.3 Å². The molecule has 3 N–H and O–H groups in total. The third-order valence-electron chi connectivity index (χ3n) is 4.09. The summed E-state index contributed by atoms with van der Waals surface area (Å²) in [6.45, 7) is 1.10. The molecule has 138 valence electrons. The summed E-state index contributed by atoms with van der Waals surface area (Å²) in [5.41, 5.74) is 1.47. The van der Waals surface area contributed by atoms with Crippen molar-refractivity contribution in [1.82, 2.24) is 0 Å². The van der Waals surface area contributed by atoms with Crippen molar-refractivity contribution in [3.8, 4) is 5.75 Å². The van der Waals surface area contributed by atoms with Crippen LogP contribution in [0.1, 0.15) is 11.6 Å². The number of rotatable bonds is 8. The minimum absolute atomic E-state index is 0.160. The van der Waals surface area contributed by atoms with Crippen LogP contribution >= 0.6 is 0 Å². The highest BCUT2D eigenvalue weighted by atomic mass is 19.1. The standard InChI is InChI=1S/C22H21FN2O2/c23-18-11-13-19(14-12-18)25-22(26)21(17-7-3-1-4-8-17)24-15-16-27-20-9-5-2-6-10-20/h1-14,21,24H,15-16H2,(H,25,26)/p+1/t21-/m0/s1. The summed E-state index contributed by atoms with van der Waals surface area (Å²) >= 11 is 0. The molecule has 0 aromatic heterocycles. The molecule has 5 heteroatoms. The first-order valence-electron chi connectivity index (χ1n) is 8.85. The molecular weight excluding hydrogens is 343 g/mol. The summed E-state index contributed by atoms with van der Waals surface area (Å²) in [6, 6.07) is 24.5. The van der Waals surface area contributed by atoms with Crippen molar-refractivity contribution in [2.45, 2.75) is 6.04 Å². The zero-order valence-electron chi connectivity index (χ0n) is 14.8. The number of halogens is 1. The monoisotopic (exact) mass is 365 g/mol. The van der Waals surface area contributed by atoms with E-state index in [1.165, 1.54) is 12.1 Å². The maximum absolute atomic E-state index is 13.1. The summed E-state index contributed by atoms with van der Waals surface area (Å²) < 4.78 is 18.8. The van der Waals surface area contributed by atoms with E-state index in [0.29, 0.717) is 18.8 Å². The number of para-hydroxylation sites is 1. The fourth-order valence-electron chi connectivity index (χ4n) is 2.74. The number of nitrogens with two attached hydrogens (primary N) is 1. The van der Waals surface area contributed by atoms with Gasteiger partial charge in [0.2, 0.25) is 0 Å². The van der Waals surface area contributed by atoms with Crippen molar-refractivity contribution in [2.75, 3.05) is 18.5 Å². The largest absolute Gasteiger partial charge is 0.488 e. The van der Waals surface area contributed by atoms with Crippen molar-refractivity contribution < 1.29 is 19.2 Å². The molecule has 4 nitrogen and oxygen atoms in total. The van der Waals surface area contributed by atoms with E-state index in [-0.39, 0.29) is 11.7 Å². The molecule has 0 fully saturated rings. The molecule has 0 saturated heterocycles. The lowest BCUT2D eigenvalue weighted by Crippen LogP contribution is -2.88. The Hall–Kier alpha value is -3.18. The van der Waals surface area contributed by atoms with Gasteiger partial charge in [-0.15, -0.1) is 0 Å². The molecule has 0 heterocycles. The molecule has 3 rings (SSSR count). The van der Waals surface area contributed by atoms with Gasteiger partial charge in [0.25, 0.3) is 5.91 Å². The van der Waals surface area contributed by atoms with Gasteiger partial charge in [-0.05, 0) is 36.4 Å². The molecule has 0 spiro atoms. The predicted octanol–water partition coefficient (Wildman–Crippen LogP) is 3.15. The fraction of sp³-hybridized carbons (Fsp3) is 0.136. The van der Waals surface area contributed by atoms with Crippen LogP contribution in [0.3, 0.4) is 0 Å². The van der Waals surface area contributed by atoms with Crippen molar-refractivity contribution in [3.05, 3.63) is 96.3 Å². The van der Waals surface area contributed by atoms with Crippen molar-refractivity contribution in [1.29, 1.82) is 0 Å². The molecule has 0 aliphatic rings. The molecule has 27 heavy (non-hydrogen) atoms. The van der Waals surface area contributed by atoms with Crippen molar-refractivity contribution in [3.63, 3.8) is 0 Å². The molecule has 0 bridgehead atoms. The smallest absolute Gasteiger partial charge is 0.287 e. The van der Waals surface area contributed by atoms with E-state index in [2.05, 4.69) is 5.32 Å². The Morgan fingerprint density at radius 1 is 0.926 bits per heavy atom. The van der Waals surface area contributed by atoms with Gasteiger partial charge in [0.15, 0.2) is 6.04 Å². The fourth-order valence-corrected chi connectivity index (χ4v) is 2.74. The van der Waals surface area contributed by atoms with Gasteiger partial charge in [0.05, 0.1) is 0 Å². The molecular formula is C22H22FN2O2+. The van der Waals surface area contributed by atoms with Crippen LogP contribution in [0.2, 0.25) is 0 Å². The molecule has 3 aromatic carbocycles. The van der Waals surface area contributed by atoms with Gasteiger partial charge in [0.1, 0.15) is 24.7 Å². The average Bonchev–Trinajstić information content (AvgIpc) is 2.71. The lowest BCUT2D eigenvalue weighted by Gasteiger charge is -2.16. The van der Waals surface area contributed by atoms with Crippen LogP contribution in [0.25, 0.3) is 0 Å². The number of carbonyl (C=O) groups excluding carboxylic acids is 1. The third-order valence-corrected chi connectivity index (χ3v) is 4.09. The second kappa shape index (κ2) is 9.50. The van der Waals surface area contributed by atoms with Gasteiger partial charge in [-0.3, -0.25) is 4.79 Å². The highest BCUT2D eigenvalue weighted by Crippen LogP contribution is 2.14. The summed E-state index contributed by atoms with van der Waals surface area (Å²) in [5, 5.41) is 4.79. The summed E-state index contributed by atoms with van der Waals surface area (Å²) in [4.78, 5) is 12.8. The van der Waals surface area contributed by atoms with Crippen LogP contribution in [0, 0.1) is 5.82 Å². The number of quaternary nitrogens is 1. The van der Waals surface area contributed by atoms with Gasteiger partial charge in [-0.25, -0.2) is 4.39 Å². The first kappa shape index (κ1) is 18.6. The Bertz CT molecular complexity index is 839. The van der Waals surface area contributed by atoms with Crippen LogP contribution < -0.4 is 15.4 Å². The second-order valence-corrected chi connectivity index (χ2v) is 6.07. The highest BCUT2D eigenvalue weighted by Gasteiger charge is 2.23. The van der Waals surface area contributed by atoms with Gasteiger partial charge >= 0.3 is 0 Å². The number of anilines is 1. The zero-order valence-corrected chi connectivity index (χ0v) is 14.8. The Labute approximate surface area is 158 Å². The van der Waals surface area contributed by atoms with Crippen LogP contribution in [0.15, 0.2) is 84.9 Å². The van der Waals surface area contributed by atoms with E-state index >= 15 is 0 Å². The highest BCUT2D eigenvalue weighted by molar-refractivity contribution is 5.94. The number of hydrogen-bond donors (Lipinski definition) is 2. The number of benzene rings is 3. The van der Waals surface area contributed by atoms with E-state index in [1.54, 1.807) is 12.1 Å². The van der Waals surface area contributed by atoms with Gasteiger partial charge in [-0.1, -0.05) is 48.5 Å². The van der Waals surface area contributed by atoms with Crippen LogP contribution in [0.5, 0.6) is 5.75 Å². The van der Waals surface area contributed by atoms with Crippen LogP contribution in [-0.2, 0) is 4.79 Å². The normalized spacial score (nSPS) is 11.6. The molecule has 0 unspecified atom stereocenters. The summed E-state index contributed by atoms with van der Waals surface area (Å²) in [5.74, 6) is 0.308. The average molecular weight is 365 g/mol. The zero-order chi connectivity index (χ0) is 18.9. The Balaban J connectivity index is 1.62. The lowest BCUT2D eigenvalue weighted by atomic mass is 10.1. The Kier molecular flexibility index (Phi) is 6.55. The first-order chi connectivity index (χ1) is 13.2. The van der Waals surface area contributed by atoms with E-state index in [1.807, 2.05) is 66.0 Å². The van der Waals surface area contributed by atoms with Crippen LogP contribution in [0.4, 0.5) is 10.1 Å². The first-order valence-corrected chi connectivity index (χ1v) is 8.85. The van der Waals surface area contributed by atoms with Gasteiger partial charge in [0, 0.05) is 11.3 Å². The van der Waals surface area contributed by atoms with Gasteiger partial charge < -0.3 is 15.4 Å². The molecule has 1 atom stereocenters. The van der Waals surface area contributed by atoms with E-state index < -0.39 is 6.04 Å². The third kappa shape index (κ3) is 5.66. The topological polar surface area (TPSA) is 54.9 Å². The molecule has 0 aliphatic heterocycles. The SMILES string of the molecule is O=C(Nc1ccc(F)cc1)[C@@H]([NH2+]CCOc1ccccc1)c1ccccc1. The molecule has 1 amide bonds. The number of ether oxygens (including phenoxy) is 1. The predicted molar refractivity (Wildman–Crippen MR) is 103 cm³/mol. The van der Waals surface area contributed by atoms with E-state index in [9.17, 15) is 9.18 Å². The number of amides is 1. The molecule has 0 saturated carbocycles. The minimum atomic E-state index is -0.421. The number of hydrogen-bond acceptors (Lipinski definition) is 2. The lowest BCUT2D eigenvalue weighted by molar-refractivity contribution is -0.682. The molecule has 0 radical (unpaired) electrons. The number of carbonyl (C=O) groups is 1. The second-order valence-electron chi connectivity index (χ2n) is 6.07. The quantitative estimate of drug-likeness (QED) is 0.603. The Morgan fingerprint density at radius 2 is 1.56 bits per heavy atom. The summed E-state index contributed by atoms with van der Waals surface area (Å²) in [7, 11) is 0. The summed E-state index contributed by atoms with van der Waals surface area (Å²) in [6.07, 6.45) is 0. The maximum atomic E-state index is 13.1. The van der Waals surface area contributed by atoms with Crippen molar-refractivity contribution >= 4 is 11.6 Å². The molecule has 0 aliphatic carbocycles. The minimum Gasteiger partial charge on any atom is -0.488 e.